The quantitative estimate of drug-likeness (QED) is 0.652. The van der Waals surface area contributed by atoms with Gasteiger partial charge in [-0.3, -0.25) is 0 Å². The summed E-state index contributed by atoms with van der Waals surface area (Å²) in [6.07, 6.45) is 0. The van der Waals surface area contributed by atoms with Crippen LogP contribution in [0.2, 0.25) is 0 Å². The third-order valence-corrected chi connectivity index (χ3v) is 5.14. The van der Waals surface area contributed by atoms with Gasteiger partial charge in [-0.1, -0.05) is 18.2 Å². The number of thioether (sulfide) groups is 1. The summed E-state index contributed by atoms with van der Waals surface area (Å²) in [5.41, 5.74) is 3.76. The van der Waals surface area contributed by atoms with Gasteiger partial charge in [-0.15, -0.1) is 11.8 Å². The number of hydrogen-bond donors (Lipinski definition) is 0. The van der Waals surface area contributed by atoms with E-state index in [2.05, 4.69) is 11.2 Å². The van der Waals surface area contributed by atoms with Crippen molar-refractivity contribution in [2.75, 3.05) is 6.61 Å². The molecular formula is C19H15FN2O2S. The van der Waals surface area contributed by atoms with Gasteiger partial charge in [0.2, 0.25) is 0 Å². The summed E-state index contributed by atoms with van der Waals surface area (Å²) in [5, 5.41) is 4.52. The van der Waals surface area contributed by atoms with E-state index in [0.717, 1.165) is 21.7 Å². The summed E-state index contributed by atoms with van der Waals surface area (Å²) in [5.74, 6) is -0.104. The minimum absolute atomic E-state index is 0.292. The molecule has 1 aromatic heterocycles. The predicted octanol–water partition coefficient (Wildman–Crippen LogP) is 4.46. The van der Waals surface area contributed by atoms with Crippen molar-refractivity contribution in [3.63, 3.8) is 0 Å². The second-order valence-electron chi connectivity index (χ2n) is 5.57. The van der Waals surface area contributed by atoms with Gasteiger partial charge >= 0.3 is 5.97 Å². The topological polar surface area (TPSA) is 44.1 Å². The van der Waals surface area contributed by atoms with Crippen LogP contribution in [0, 0.1) is 5.82 Å². The van der Waals surface area contributed by atoms with Gasteiger partial charge in [-0.05, 0) is 37.3 Å². The number of rotatable bonds is 3. The van der Waals surface area contributed by atoms with Crippen LogP contribution >= 0.6 is 11.8 Å². The first-order valence-electron chi connectivity index (χ1n) is 7.96. The Morgan fingerprint density at radius 3 is 2.76 bits per heavy atom. The molecule has 2 heterocycles. The number of esters is 1. The lowest BCUT2D eigenvalue weighted by Gasteiger charge is -2.18. The zero-order valence-corrected chi connectivity index (χ0v) is 14.3. The Hall–Kier alpha value is -2.60. The van der Waals surface area contributed by atoms with E-state index in [0.29, 0.717) is 23.7 Å². The normalized spacial score (nSPS) is 12.4. The fourth-order valence-electron chi connectivity index (χ4n) is 2.93. The third kappa shape index (κ3) is 2.72. The van der Waals surface area contributed by atoms with E-state index < -0.39 is 5.97 Å². The van der Waals surface area contributed by atoms with Gasteiger partial charge in [-0.2, -0.15) is 5.10 Å². The van der Waals surface area contributed by atoms with Crippen molar-refractivity contribution in [2.24, 2.45) is 0 Å². The number of ether oxygens (including phenoxy) is 1. The van der Waals surface area contributed by atoms with Crippen LogP contribution in [0.15, 0.2) is 53.4 Å². The number of halogens is 1. The Morgan fingerprint density at radius 2 is 2.00 bits per heavy atom. The second kappa shape index (κ2) is 6.37. The maximum Gasteiger partial charge on any atom is 0.359 e. The molecule has 6 heteroatoms. The van der Waals surface area contributed by atoms with Crippen molar-refractivity contribution in [3.05, 3.63) is 65.6 Å². The molecule has 3 aromatic rings. The molecule has 0 unspecified atom stereocenters. The minimum atomic E-state index is -0.431. The predicted molar refractivity (Wildman–Crippen MR) is 94.5 cm³/mol. The first-order chi connectivity index (χ1) is 12.2. The van der Waals surface area contributed by atoms with Crippen LogP contribution in [0.4, 0.5) is 4.39 Å². The smallest absolute Gasteiger partial charge is 0.359 e. The summed E-state index contributed by atoms with van der Waals surface area (Å²) in [4.78, 5) is 13.5. The van der Waals surface area contributed by atoms with Crippen molar-refractivity contribution in [2.45, 2.75) is 17.6 Å². The van der Waals surface area contributed by atoms with Crippen molar-refractivity contribution in [3.8, 4) is 16.9 Å². The van der Waals surface area contributed by atoms with Crippen LogP contribution in [-0.4, -0.2) is 22.4 Å². The van der Waals surface area contributed by atoms with Crippen molar-refractivity contribution in [1.82, 2.24) is 9.78 Å². The minimum Gasteiger partial charge on any atom is -0.461 e. The van der Waals surface area contributed by atoms with Gasteiger partial charge in [0.15, 0.2) is 5.69 Å². The first kappa shape index (κ1) is 15.9. The summed E-state index contributed by atoms with van der Waals surface area (Å²) in [6.45, 7) is 2.06. The molecule has 4 nitrogen and oxygen atoms in total. The zero-order valence-electron chi connectivity index (χ0n) is 13.5. The second-order valence-corrected chi connectivity index (χ2v) is 6.59. The Bertz CT molecular complexity index is 951. The van der Waals surface area contributed by atoms with E-state index in [1.54, 1.807) is 35.5 Å². The molecule has 2 aromatic carbocycles. The van der Waals surface area contributed by atoms with E-state index in [9.17, 15) is 9.18 Å². The van der Waals surface area contributed by atoms with Crippen molar-refractivity contribution >= 4 is 17.7 Å². The fraction of sp³-hybridized carbons (Fsp3) is 0.158. The molecule has 1 aliphatic heterocycles. The monoisotopic (exact) mass is 354 g/mol. The lowest BCUT2D eigenvalue weighted by molar-refractivity contribution is 0.0518. The number of nitrogens with zero attached hydrogens (tertiary/aromatic N) is 2. The standard InChI is InChI=1S/C19H15FN2O2S/c1-2-24-19(23)17-15-11-25-16-6-4-3-5-14(16)18(15)22(21-17)13-9-7-12(20)8-10-13/h3-10H,2,11H2,1H3. The molecule has 0 fully saturated rings. The first-order valence-corrected chi connectivity index (χ1v) is 8.94. The number of carbonyl (C=O) groups excluding carboxylic acids is 1. The molecule has 0 N–H and O–H groups in total. The number of hydrogen-bond acceptors (Lipinski definition) is 4. The Balaban J connectivity index is 1.96. The van der Waals surface area contributed by atoms with Crippen LogP contribution in [-0.2, 0) is 10.5 Å². The van der Waals surface area contributed by atoms with Crippen molar-refractivity contribution in [1.29, 1.82) is 0 Å². The summed E-state index contributed by atoms with van der Waals surface area (Å²) < 4.78 is 20.2. The molecule has 1 aliphatic rings. The highest BCUT2D eigenvalue weighted by molar-refractivity contribution is 7.98. The van der Waals surface area contributed by atoms with Crippen LogP contribution in [0.3, 0.4) is 0 Å². The number of benzene rings is 2. The molecular weight excluding hydrogens is 339 g/mol. The molecule has 126 valence electrons. The Kier molecular flexibility index (Phi) is 4.05. The van der Waals surface area contributed by atoms with Gasteiger partial charge in [0, 0.05) is 21.8 Å². The van der Waals surface area contributed by atoms with Crippen molar-refractivity contribution < 1.29 is 13.9 Å². The SMILES string of the molecule is CCOC(=O)c1nn(-c2ccc(F)cc2)c2c1CSc1ccccc1-2. The molecule has 0 saturated carbocycles. The lowest BCUT2D eigenvalue weighted by Crippen LogP contribution is -2.08. The summed E-state index contributed by atoms with van der Waals surface area (Å²) in [6, 6.07) is 14.1. The van der Waals surface area contributed by atoms with Crippen LogP contribution < -0.4 is 0 Å². The molecule has 0 spiro atoms. The van der Waals surface area contributed by atoms with E-state index >= 15 is 0 Å². The lowest BCUT2D eigenvalue weighted by atomic mass is 10.1. The average Bonchev–Trinajstić information content (AvgIpc) is 3.03. The van der Waals surface area contributed by atoms with Gasteiger partial charge in [0.1, 0.15) is 5.82 Å². The van der Waals surface area contributed by atoms with E-state index in [1.807, 2.05) is 18.2 Å². The molecule has 0 atom stereocenters. The maximum absolute atomic E-state index is 13.3. The van der Waals surface area contributed by atoms with Crippen LogP contribution in [0.5, 0.6) is 0 Å². The number of aromatic nitrogens is 2. The molecule has 0 radical (unpaired) electrons. The fourth-order valence-corrected chi connectivity index (χ4v) is 4.00. The Labute approximate surface area is 148 Å². The van der Waals surface area contributed by atoms with E-state index in [1.165, 1.54) is 12.1 Å². The van der Waals surface area contributed by atoms with Gasteiger partial charge in [0.25, 0.3) is 0 Å². The van der Waals surface area contributed by atoms with Crippen LogP contribution in [0.25, 0.3) is 16.9 Å². The Morgan fingerprint density at radius 1 is 1.24 bits per heavy atom. The summed E-state index contributed by atoms with van der Waals surface area (Å²) >= 11 is 1.67. The highest BCUT2D eigenvalue weighted by atomic mass is 32.2. The highest BCUT2D eigenvalue weighted by Crippen LogP contribution is 2.43. The highest BCUT2D eigenvalue weighted by Gasteiger charge is 2.29. The molecule has 25 heavy (non-hydrogen) atoms. The zero-order chi connectivity index (χ0) is 17.4. The van der Waals surface area contributed by atoms with E-state index in [-0.39, 0.29) is 5.82 Å². The van der Waals surface area contributed by atoms with Crippen LogP contribution in [0.1, 0.15) is 23.0 Å². The molecule has 0 amide bonds. The van der Waals surface area contributed by atoms with Gasteiger partial charge < -0.3 is 4.74 Å². The summed E-state index contributed by atoms with van der Waals surface area (Å²) in [7, 11) is 0. The number of fused-ring (bicyclic) bond motifs is 3. The maximum atomic E-state index is 13.3. The average molecular weight is 354 g/mol. The molecule has 4 rings (SSSR count). The number of carbonyl (C=O) groups is 1. The molecule has 0 bridgehead atoms. The molecule has 0 aliphatic carbocycles. The van der Waals surface area contributed by atoms with Gasteiger partial charge in [0.05, 0.1) is 18.0 Å². The van der Waals surface area contributed by atoms with Gasteiger partial charge in [-0.25, -0.2) is 13.9 Å². The largest absolute Gasteiger partial charge is 0.461 e. The molecule has 0 saturated heterocycles. The third-order valence-electron chi connectivity index (χ3n) is 4.04. The van der Waals surface area contributed by atoms with E-state index in [4.69, 9.17) is 4.74 Å².